The molecular formula is C10H6BrCl2NO. The maximum Gasteiger partial charge on any atom is 0.301 e. The molecule has 1 aromatic carbocycles. The minimum Gasteiger partial charge on any atom is -0.312 e. The second-order valence-corrected chi connectivity index (χ2v) is 3.91. The van der Waals surface area contributed by atoms with E-state index in [1.807, 2.05) is 6.92 Å². The Hall–Kier alpha value is -0.690. The van der Waals surface area contributed by atoms with Gasteiger partial charge in [0.05, 0.1) is 15.7 Å². The van der Waals surface area contributed by atoms with E-state index in [0.717, 1.165) is 5.56 Å². The van der Waals surface area contributed by atoms with Crippen LogP contribution in [0.2, 0.25) is 10.0 Å². The molecule has 0 heterocycles. The Kier molecular flexibility index (Phi) is 4.46. The molecule has 1 rings (SSSR count). The van der Waals surface area contributed by atoms with Gasteiger partial charge in [0.1, 0.15) is 0 Å². The first-order chi connectivity index (χ1) is 7.06. The third-order valence-electron chi connectivity index (χ3n) is 1.68. The fourth-order valence-electron chi connectivity index (χ4n) is 0.959. The number of amides is 1. The summed E-state index contributed by atoms with van der Waals surface area (Å²) in [6.45, 7) is 1.82. The third kappa shape index (κ3) is 3.13. The molecule has 0 bridgehead atoms. The lowest BCUT2D eigenvalue weighted by Crippen LogP contribution is -2.09. The first-order valence-electron chi connectivity index (χ1n) is 3.93. The highest BCUT2D eigenvalue weighted by Crippen LogP contribution is 2.32. The van der Waals surface area contributed by atoms with Crippen LogP contribution in [0.4, 0.5) is 5.69 Å². The van der Waals surface area contributed by atoms with Crippen LogP contribution < -0.4 is 5.32 Å². The van der Waals surface area contributed by atoms with Crippen molar-refractivity contribution >= 4 is 50.7 Å². The van der Waals surface area contributed by atoms with Gasteiger partial charge in [0.2, 0.25) is 0 Å². The molecule has 0 saturated carbocycles. The first kappa shape index (κ1) is 12.4. The summed E-state index contributed by atoms with van der Waals surface area (Å²) in [5, 5.41) is 3.32. The summed E-state index contributed by atoms with van der Waals surface area (Å²) in [4.78, 5) is 13.5. The summed E-state index contributed by atoms with van der Waals surface area (Å²) in [7, 11) is 0. The van der Waals surface area contributed by atoms with Gasteiger partial charge in [-0.2, -0.15) is 0 Å². The number of anilines is 1. The van der Waals surface area contributed by atoms with Crippen LogP contribution in [0.1, 0.15) is 5.56 Å². The summed E-state index contributed by atoms with van der Waals surface area (Å²) < 4.78 is 0. The zero-order valence-electron chi connectivity index (χ0n) is 7.70. The molecule has 0 aliphatic heterocycles. The molecule has 5 heteroatoms. The number of aryl methyl sites for hydroxylation is 1. The molecule has 78 valence electrons. The lowest BCUT2D eigenvalue weighted by Gasteiger charge is -2.08. The molecule has 1 amide bonds. The Bertz CT molecular complexity index is 462. The standard InChI is InChI=1S/C10H6BrCl2NO/c1-6-2-3-7(12)10(9(6)13)14-8(15)4-5-11/h2-3H,1H3,(H,14,15). The van der Waals surface area contributed by atoms with Crippen molar-refractivity contribution in [3.05, 3.63) is 27.7 Å². The molecule has 0 saturated heterocycles. The van der Waals surface area contributed by atoms with Crippen LogP contribution in [0, 0.1) is 17.7 Å². The van der Waals surface area contributed by atoms with Crippen LogP contribution in [-0.2, 0) is 4.79 Å². The van der Waals surface area contributed by atoms with E-state index in [-0.39, 0.29) is 0 Å². The molecule has 0 fully saturated rings. The molecule has 0 atom stereocenters. The molecule has 0 spiro atoms. The number of hydrogen-bond donors (Lipinski definition) is 1. The van der Waals surface area contributed by atoms with Gasteiger partial charge in [-0.05, 0) is 23.4 Å². The zero-order chi connectivity index (χ0) is 11.4. The van der Waals surface area contributed by atoms with Gasteiger partial charge in [-0.1, -0.05) is 29.3 Å². The first-order valence-corrected chi connectivity index (χ1v) is 5.48. The smallest absolute Gasteiger partial charge is 0.301 e. The fourth-order valence-corrected chi connectivity index (χ4v) is 1.60. The van der Waals surface area contributed by atoms with Crippen molar-refractivity contribution in [2.24, 2.45) is 0 Å². The van der Waals surface area contributed by atoms with Gasteiger partial charge in [-0.25, -0.2) is 0 Å². The highest BCUT2D eigenvalue weighted by molar-refractivity contribution is 9.12. The van der Waals surface area contributed by atoms with E-state index in [4.69, 9.17) is 23.2 Å². The molecule has 1 aromatic rings. The summed E-state index contributed by atoms with van der Waals surface area (Å²) in [6.07, 6.45) is 0. The zero-order valence-corrected chi connectivity index (χ0v) is 10.8. The highest BCUT2D eigenvalue weighted by Gasteiger charge is 2.10. The Morgan fingerprint density at radius 1 is 1.47 bits per heavy atom. The van der Waals surface area contributed by atoms with Gasteiger partial charge in [-0.15, -0.1) is 0 Å². The maximum absolute atomic E-state index is 11.2. The van der Waals surface area contributed by atoms with E-state index in [2.05, 4.69) is 32.0 Å². The molecule has 2 nitrogen and oxygen atoms in total. The number of halogens is 3. The number of nitrogens with one attached hydrogen (secondary N) is 1. The number of carbonyl (C=O) groups is 1. The molecule has 1 N–H and O–H groups in total. The molecule has 0 aliphatic rings. The topological polar surface area (TPSA) is 29.1 Å². The van der Waals surface area contributed by atoms with Crippen molar-refractivity contribution in [2.75, 3.05) is 5.32 Å². The summed E-state index contributed by atoms with van der Waals surface area (Å²) in [6, 6.07) is 3.44. The van der Waals surface area contributed by atoms with Crippen LogP contribution in [-0.4, -0.2) is 5.91 Å². The number of carbonyl (C=O) groups excluding carboxylic acids is 1. The van der Waals surface area contributed by atoms with Crippen molar-refractivity contribution in [3.63, 3.8) is 0 Å². The average molecular weight is 307 g/mol. The summed E-state index contributed by atoms with van der Waals surface area (Å²) in [5.41, 5.74) is 1.22. The second-order valence-electron chi connectivity index (χ2n) is 2.73. The van der Waals surface area contributed by atoms with E-state index in [0.29, 0.717) is 15.7 Å². The number of benzene rings is 1. The van der Waals surface area contributed by atoms with Gasteiger partial charge in [0, 0.05) is 21.9 Å². The molecular weight excluding hydrogens is 301 g/mol. The van der Waals surface area contributed by atoms with Gasteiger partial charge < -0.3 is 5.32 Å². The van der Waals surface area contributed by atoms with Crippen LogP contribution in [0.3, 0.4) is 0 Å². The quantitative estimate of drug-likeness (QED) is 0.789. The van der Waals surface area contributed by atoms with Crippen LogP contribution in [0.25, 0.3) is 0 Å². The predicted octanol–water partition coefficient (Wildman–Crippen LogP) is 3.60. The Morgan fingerprint density at radius 3 is 2.73 bits per heavy atom. The minimum atomic E-state index is -0.471. The lowest BCUT2D eigenvalue weighted by molar-refractivity contribution is -0.111. The molecule has 15 heavy (non-hydrogen) atoms. The van der Waals surface area contributed by atoms with Gasteiger partial charge in [0.25, 0.3) is 0 Å². The monoisotopic (exact) mass is 305 g/mol. The van der Waals surface area contributed by atoms with Crippen LogP contribution >= 0.6 is 39.1 Å². The fraction of sp³-hybridized carbons (Fsp3) is 0.100. The Morgan fingerprint density at radius 2 is 2.13 bits per heavy atom. The largest absolute Gasteiger partial charge is 0.312 e. The second kappa shape index (κ2) is 5.41. The summed E-state index contributed by atoms with van der Waals surface area (Å²) in [5.74, 6) is 1.80. The van der Waals surface area contributed by atoms with Crippen molar-refractivity contribution < 1.29 is 4.79 Å². The van der Waals surface area contributed by atoms with E-state index in [9.17, 15) is 4.79 Å². The van der Waals surface area contributed by atoms with E-state index >= 15 is 0 Å². The SMILES string of the molecule is Cc1ccc(Cl)c(NC(=O)C#CBr)c1Cl. The van der Waals surface area contributed by atoms with Gasteiger partial charge >= 0.3 is 5.91 Å². The van der Waals surface area contributed by atoms with Crippen molar-refractivity contribution in [1.82, 2.24) is 0 Å². The van der Waals surface area contributed by atoms with Crippen LogP contribution in [0.5, 0.6) is 0 Å². The maximum atomic E-state index is 11.2. The van der Waals surface area contributed by atoms with Crippen molar-refractivity contribution in [3.8, 4) is 10.8 Å². The van der Waals surface area contributed by atoms with Crippen molar-refractivity contribution in [1.29, 1.82) is 0 Å². The molecule has 0 radical (unpaired) electrons. The number of hydrogen-bond acceptors (Lipinski definition) is 1. The Labute approximate surface area is 106 Å². The number of rotatable bonds is 1. The minimum absolute atomic E-state index is 0.385. The van der Waals surface area contributed by atoms with Gasteiger partial charge in [0.15, 0.2) is 0 Å². The molecule has 0 aliphatic carbocycles. The molecule has 0 aromatic heterocycles. The van der Waals surface area contributed by atoms with E-state index < -0.39 is 5.91 Å². The van der Waals surface area contributed by atoms with E-state index in [1.165, 1.54) is 0 Å². The summed E-state index contributed by atoms with van der Waals surface area (Å²) >= 11 is 14.7. The lowest BCUT2D eigenvalue weighted by atomic mass is 10.2. The van der Waals surface area contributed by atoms with E-state index in [1.54, 1.807) is 12.1 Å². The van der Waals surface area contributed by atoms with Gasteiger partial charge in [-0.3, -0.25) is 4.79 Å². The molecule has 0 unspecified atom stereocenters. The Balaban J connectivity index is 3.07. The normalized spacial score (nSPS) is 9.07. The average Bonchev–Trinajstić information content (AvgIpc) is 2.19. The third-order valence-corrected chi connectivity index (χ3v) is 2.68. The predicted molar refractivity (Wildman–Crippen MR) is 66.5 cm³/mol. The van der Waals surface area contributed by atoms with Crippen molar-refractivity contribution in [2.45, 2.75) is 6.92 Å². The van der Waals surface area contributed by atoms with Crippen LogP contribution in [0.15, 0.2) is 12.1 Å². The highest BCUT2D eigenvalue weighted by atomic mass is 79.9.